The Kier molecular flexibility index (Phi) is 2.35. The molecule has 1 aromatic rings. The van der Waals surface area contributed by atoms with E-state index in [1.165, 1.54) is 0 Å². The van der Waals surface area contributed by atoms with Crippen molar-refractivity contribution >= 4 is 17.3 Å². The van der Waals surface area contributed by atoms with Gasteiger partial charge in [-0.2, -0.15) is 0 Å². The minimum absolute atomic E-state index is 0.374. The average Bonchev–Trinajstić information content (AvgIpc) is 1.94. The van der Waals surface area contributed by atoms with Gasteiger partial charge in [0, 0.05) is 0 Å². The first-order chi connectivity index (χ1) is 5.11. The summed E-state index contributed by atoms with van der Waals surface area (Å²) in [7, 11) is 0. The highest BCUT2D eigenvalue weighted by atomic mass is 35.5. The van der Waals surface area contributed by atoms with Gasteiger partial charge in [-0.15, -0.1) is 0 Å². The van der Waals surface area contributed by atoms with Crippen LogP contribution in [-0.2, 0) is 0 Å². The van der Waals surface area contributed by atoms with Crippen molar-refractivity contribution in [2.75, 3.05) is 5.73 Å². The fourth-order valence-corrected chi connectivity index (χ4v) is 1.21. The van der Waals surface area contributed by atoms with Crippen LogP contribution in [0.4, 0.5) is 5.69 Å². The summed E-state index contributed by atoms with van der Waals surface area (Å²) in [6, 6.07) is 1.86. The molecule has 0 saturated heterocycles. The van der Waals surface area contributed by atoms with Crippen LogP contribution >= 0.6 is 11.6 Å². The summed E-state index contributed by atoms with van der Waals surface area (Å²) in [6.45, 7) is 4.12. The lowest BCUT2D eigenvalue weighted by atomic mass is 10.1. The van der Waals surface area contributed by atoms with E-state index in [1.54, 1.807) is 6.20 Å². The molecule has 0 bridgehead atoms. The molecule has 1 rings (SSSR count). The van der Waals surface area contributed by atoms with E-state index in [-0.39, 0.29) is 0 Å². The van der Waals surface area contributed by atoms with Crippen LogP contribution in [-0.4, -0.2) is 4.98 Å². The molecular weight excluding hydrogens is 160 g/mol. The molecule has 0 aliphatic rings. The highest BCUT2D eigenvalue weighted by molar-refractivity contribution is 6.30. The molecule has 0 aromatic carbocycles. The molecular formula is C8H11ClN2. The predicted octanol–water partition coefficient (Wildman–Crippen LogP) is 2.44. The Bertz CT molecular complexity index is 258. The lowest BCUT2D eigenvalue weighted by Crippen LogP contribution is -1.94. The van der Waals surface area contributed by atoms with E-state index in [0.29, 0.717) is 16.8 Å². The summed E-state index contributed by atoms with van der Waals surface area (Å²) in [5.74, 6) is 0.374. The van der Waals surface area contributed by atoms with Crippen LogP contribution in [0.5, 0.6) is 0 Å². The van der Waals surface area contributed by atoms with E-state index in [4.69, 9.17) is 17.3 Å². The Morgan fingerprint density at radius 1 is 1.55 bits per heavy atom. The second-order valence-electron chi connectivity index (χ2n) is 2.80. The molecule has 2 nitrogen and oxygen atoms in total. The lowest BCUT2D eigenvalue weighted by molar-refractivity contribution is 0.859. The number of pyridine rings is 1. The molecule has 0 radical (unpaired) electrons. The topological polar surface area (TPSA) is 38.9 Å². The number of nitrogens with two attached hydrogens (primary N) is 1. The van der Waals surface area contributed by atoms with Crippen molar-refractivity contribution in [1.82, 2.24) is 4.98 Å². The van der Waals surface area contributed by atoms with Crippen molar-refractivity contribution in [3.63, 3.8) is 0 Å². The molecule has 1 aromatic heterocycles. The van der Waals surface area contributed by atoms with Gasteiger partial charge in [-0.3, -0.25) is 0 Å². The molecule has 0 spiro atoms. The van der Waals surface area contributed by atoms with Crippen LogP contribution in [0.1, 0.15) is 25.3 Å². The Morgan fingerprint density at radius 3 is 2.64 bits per heavy atom. The molecule has 11 heavy (non-hydrogen) atoms. The third-order valence-electron chi connectivity index (χ3n) is 1.51. The van der Waals surface area contributed by atoms with Crippen molar-refractivity contribution in [3.8, 4) is 0 Å². The van der Waals surface area contributed by atoms with E-state index in [0.717, 1.165) is 5.56 Å². The second-order valence-corrected chi connectivity index (χ2v) is 3.16. The molecule has 0 atom stereocenters. The number of rotatable bonds is 1. The Hall–Kier alpha value is -0.760. The molecule has 0 unspecified atom stereocenters. The van der Waals surface area contributed by atoms with Gasteiger partial charge in [-0.05, 0) is 17.5 Å². The van der Waals surface area contributed by atoms with Gasteiger partial charge in [0.1, 0.15) is 5.15 Å². The van der Waals surface area contributed by atoms with Gasteiger partial charge in [0.15, 0.2) is 0 Å². The van der Waals surface area contributed by atoms with Gasteiger partial charge in [-0.25, -0.2) is 4.98 Å². The summed E-state index contributed by atoms with van der Waals surface area (Å²) in [6.07, 6.45) is 1.56. The van der Waals surface area contributed by atoms with Gasteiger partial charge >= 0.3 is 0 Å². The van der Waals surface area contributed by atoms with E-state index in [2.05, 4.69) is 18.8 Å². The lowest BCUT2D eigenvalue weighted by Gasteiger charge is -2.06. The fourth-order valence-electron chi connectivity index (χ4n) is 0.887. The molecule has 3 heteroatoms. The van der Waals surface area contributed by atoms with Gasteiger partial charge in [0.25, 0.3) is 0 Å². The van der Waals surface area contributed by atoms with Crippen LogP contribution in [0.25, 0.3) is 0 Å². The van der Waals surface area contributed by atoms with Crippen molar-refractivity contribution in [3.05, 3.63) is 23.0 Å². The van der Waals surface area contributed by atoms with Gasteiger partial charge in [-0.1, -0.05) is 25.4 Å². The van der Waals surface area contributed by atoms with Crippen LogP contribution in [0.15, 0.2) is 12.3 Å². The van der Waals surface area contributed by atoms with Crippen molar-refractivity contribution in [2.45, 2.75) is 19.8 Å². The number of anilines is 1. The zero-order valence-electron chi connectivity index (χ0n) is 6.63. The van der Waals surface area contributed by atoms with E-state index >= 15 is 0 Å². The molecule has 2 N–H and O–H groups in total. The van der Waals surface area contributed by atoms with E-state index in [9.17, 15) is 0 Å². The first kappa shape index (κ1) is 8.34. The van der Waals surface area contributed by atoms with Crippen molar-refractivity contribution in [2.24, 2.45) is 0 Å². The highest BCUT2D eigenvalue weighted by Gasteiger charge is 2.05. The fraction of sp³-hybridized carbons (Fsp3) is 0.375. The molecule has 0 amide bonds. The van der Waals surface area contributed by atoms with Crippen molar-refractivity contribution < 1.29 is 0 Å². The van der Waals surface area contributed by atoms with E-state index < -0.39 is 0 Å². The first-order valence-corrected chi connectivity index (χ1v) is 3.90. The number of halogens is 1. The molecule has 60 valence electrons. The molecule has 0 fully saturated rings. The Labute approximate surface area is 71.4 Å². The van der Waals surface area contributed by atoms with Crippen LogP contribution in [0.3, 0.4) is 0 Å². The molecule has 0 aliphatic heterocycles. The minimum atomic E-state index is 0.374. The zero-order valence-corrected chi connectivity index (χ0v) is 7.39. The summed E-state index contributed by atoms with van der Waals surface area (Å²) >= 11 is 5.82. The predicted molar refractivity (Wildman–Crippen MR) is 47.7 cm³/mol. The number of aromatic nitrogens is 1. The van der Waals surface area contributed by atoms with Gasteiger partial charge < -0.3 is 5.73 Å². The third-order valence-corrected chi connectivity index (χ3v) is 1.83. The summed E-state index contributed by atoms with van der Waals surface area (Å²) in [4.78, 5) is 3.94. The largest absolute Gasteiger partial charge is 0.397 e. The minimum Gasteiger partial charge on any atom is -0.397 e. The van der Waals surface area contributed by atoms with Crippen LogP contribution < -0.4 is 5.73 Å². The van der Waals surface area contributed by atoms with E-state index in [1.807, 2.05) is 6.07 Å². The number of nitrogen functional groups attached to an aromatic ring is 1. The van der Waals surface area contributed by atoms with Crippen molar-refractivity contribution in [1.29, 1.82) is 0 Å². The monoisotopic (exact) mass is 170 g/mol. The van der Waals surface area contributed by atoms with Crippen LogP contribution in [0.2, 0.25) is 5.15 Å². The standard InChI is InChI=1S/C8H11ClN2/c1-5(2)7-3-6(10)4-11-8(7)9/h3-5H,10H2,1-2H3. The number of hydrogen-bond donors (Lipinski definition) is 1. The first-order valence-electron chi connectivity index (χ1n) is 3.52. The quantitative estimate of drug-likeness (QED) is 0.658. The van der Waals surface area contributed by atoms with Gasteiger partial charge in [0.2, 0.25) is 0 Å². The normalized spacial score (nSPS) is 10.5. The summed E-state index contributed by atoms with van der Waals surface area (Å²) < 4.78 is 0. The molecule has 1 heterocycles. The molecule has 0 aliphatic carbocycles. The maximum absolute atomic E-state index is 5.82. The molecule has 0 saturated carbocycles. The maximum atomic E-state index is 5.82. The SMILES string of the molecule is CC(C)c1cc(N)cnc1Cl. The smallest absolute Gasteiger partial charge is 0.132 e. The summed E-state index contributed by atoms with van der Waals surface area (Å²) in [5, 5.41) is 0.550. The van der Waals surface area contributed by atoms with Crippen LogP contribution in [0, 0.1) is 0 Å². The zero-order chi connectivity index (χ0) is 8.43. The second kappa shape index (κ2) is 3.09. The number of nitrogens with zero attached hydrogens (tertiary/aromatic N) is 1. The Balaban J connectivity index is 3.13. The third kappa shape index (κ3) is 1.84. The number of hydrogen-bond acceptors (Lipinski definition) is 2. The Morgan fingerprint density at radius 2 is 2.18 bits per heavy atom. The van der Waals surface area contributed by atoms with Gasteiger partial charge in [0.05, 0.1) is 11.9 Å². The summed E-state index contributed by atoms with van der Waals surface area (Å²) in [5.41, 5.74) is 7.22. The highest BCUT2D eigenvalue weighted by Crippen LogP contribution is 2.23. The maximum Gasteiger partial charge on any atom is 0.132 e. The average molecular weight is 171 g/mol.